The van der Waals surface area contributed by atoms with Gasteiger partial charge in [-0.15, -0.1) is 0 Å². The molecule has 1 aromatic carbocycles. The summed E-state index contributed by atoms with van der Waals surface area (Å²) in [5, 5.41) is 1.04. The van der Waals surface area contributed by atoms with Crippen LogP contribution in [0.2, 0.25) is 0 Å². The molecule has 0 saturated carbocycles. The summed E-state index contributed by atoms with van der Waals surface area (Å²) in [6.07, 6.45) is 2.75. The number of benzene rings is 1. The lowest BCUT2D eigenvalue weighted by Gasteiger charge is -2.23. The third-order valence-corrected chi connectivity index (χ3v) is 3.76. The van der Waals surface area contributed by atoms with Crippen molar-refractivity contribution in [2.75, 3.05) is 37.3 Å². The van der Waals surface area contributed by atoms with Gasteiger partial charge in [-0.05, 0) is 30.7 Å². The predicted octanol–water partition coefficient (Wildman–Crippen LogP) is 1.49. The first-order chi connectivity index (χ1) is 9.65. The summed E-state index contributed by atoms with van der Waals surface area (Å²) in [6, 6.07) is 7.69. The lowest BCUT2D eigenvalue weighted by atomic mass is 10.1. The Hall–Kier alpha value is -2.30. The molecule has 5 nitrogen and oxygen atoms in total. The summed E-state index contributed by atoms with van der Waals surface area (Å²) < 4.78 is 0. The van der Waals surface area contributed by atoms with Gasteiger partial charge in [-0.1, -0.05) is 0 Å². The van der Waals surface area contributed by atoms with Crippen LogP contribution in [-0.2, 0) is 4.79 Å². The average molecular weight is 270 g/mol. The first-order valence-electron chi connectivity index (χ1n) is 6.78. The van der Waals surface area contributed by atoms with Gasteiger partial charge in [0.1, 0.15) is 0 Å². The van der Waals surface area contributed by atoms with Crippen molar-refractivity contribution in [3.8, 4) is 0 Å². The van der Waals surface area contributed by atoms with Crippen LogP contribution in [0.1, 0.15) is 6.42 Å². The molecule has 1 aliphatic heterocycles. The highest BCUT2D eigenvalue weighted by Crippen LogP contribution is 2.27. The molecule has 1 aromatic heterocycles. The third-order valence-electron chi connectivity index (χ3n) is 3.76. The first kappa shape index (κ1) is 12.7. The number of anilines is 2. The van der Waals surface area contributed by atoms with E-state index in [4.69, 9.17) is 5.73 Å². The highest BCUT2D eigenvalue weighted by Gasteiger charge is 2.20. The van der Waals surface area contributed by atoms with Gasteiger partial charge < -0.3 is 15.5 Å². The van der Waals surface area contributed by atoms with Crippen LogP contribution in [0.4, 0.5) is 11.4 Å². The number of rotatable bonds is 1. The fraction of sp³-hybridized carbons (Fsp3) is 0.333. The maximum atomic E-state index is 12.0. The zero-order chi connectivity index (χ0) is 14.1. The van der Waals surface area contributed by atoms with Crippen molar-refractivity contribution in [3.05, 3.63) is 30.5 Å². The molecular formula is C15H18N4O. The van der Waals surface area contributed by atoms with Crippen molar-refractivity contribution in [1.82, 2.24) is 9.88 Å². The van der Waals surface area contributed by atoms with Crippen molar-refractivity contribution >= 4 is 28.2 Å². The number of likely N-dealkylation sites (N-methyl/N-ethyl adjacent to an activating group) is 1. The van der Waals surface area contributed by atoms with Gasteiger partial charge in [0.05, 0.1) is 12.1 Å². The molecule has 2 N–H and O–H groups in total. The van der Waals surface area contributed by atoms with Gasteiger partial charge in [-0.25, -0.2) is 0 Å². The smallest absolute Gasteiger partial charge is 0.241 e. The van der Waals surface area contributed by atoms with E-state index in [9.17, 15) is 4.79 Å². The molecule has 5 heteroatoms. The molecule has 1 amide bonds. The van der Waals surface area contributed by atoms with E-state index in [1.807, 2.05) is 31.3 Å². The molecule has 3 rings (SSSR count). The minimum absolute atomic E-state index is 0.155. The molecular weight excluding hydrogens is 252 g/mol. The van der Waals surface area contributed by atoms with Crippen LogP contribution in [0.5, 0.6) is 0 Å². The lowest BCUT2D eigenvalue weighted by Crippen LogP contribution is -2.34. The normalized spacial score (nSPS) is 16.6. The topological polar surface area (TPSA) is 62.5 Å². The maximum absolute atomic E-state index is 12.0. The van der Waals surface area contributed by atoms with E-state index in [1.165, 1.54) is 0 Å². The Morgan fingerprint density at radius 3 is 2.95 bits per heavy atom. The van der Waals surface area contributed by atoms with E-state index < -0.39 is 0 Å². The molecule has 1 saturated heterocycles. The standard InChI is InChI=1S/C15H18N4O/c1-18-7-2-8-19(10-15(18)20)14-5-6-17-13-9-11(16)3-4-12(13)14/h3-6,9H,2,7-8,10,16H2,1H3. The van der Waals surface area contributed by atoms with E-state index in [0.717, 1.165) is 36.1 Å². The number of carbonyl (C=O) groups is 1. The molecule has 0 atom stereocenters. The van der Waals surface area contributed by atoms with Gasteiger partial charge in [0.15, 0.2) is 0 Å². The highest BCUT2D eigenvalue weighted by molar-refractivity contribution is 5.95. The monoisotopic (exact) mass is 270 g/mol. The number of amides is 1. The SMILES string of the molecule is CN1CCCN(c2ccnc3cc(N)ccc23)CC1=O. The van der Waals surface area contributed by atoms with E-state index in [2.05, 4.69) is 9.88 Å². The molecule has 2 heterocycles. The van der Waals surface area contributed by atoms with Crippen molar-refractivity contribution in [3.63, 3.8) is 0 Å². The number of nitrogens with zero attached hydrogens (tertiary/aromatic N) is 3. The molecule has 104 valence electrons. The Kier molecular flexibility index (Phi) is 3.18. The zero-order valence-corrected chi connectivity index (χ0v) is 11.5. The van der Waals surface area contributed by atoms with Gasteiger partial charge in [-0.3, -0.25) is 9.78 Å². The summed E-state index contributed by atoms with van der Waals surface area (Å²) in [5.74, 6) is 0.155. The highest BCUT2D eigenvalue weighted by atomic mass is 16.2. The number of carbonyl (C=O) groups excluding carboxylic acids is 1. The average Bonchev–Trinajstić information content (AvgIpc) is 2.60. The summed E-state index contributed by atoms with van der Waals surface area (Å²) in [4.78, 5) is 20.3. The molecule has 0 aliphatic carbocycles. The van der Waals surface area contributed by atoms with Crippen molar-refractivity contribution in [2.45, 2.75) is 6.42 Å². The number of nitrogen functional groups attached to an aromatic ring is 1. The lowest BCUT2D eigenvalue weighted by molar-refractivity contribution is -0.127. The van der Waals surface area contributed by atoms with E-state index in [-0.39, 0.29) is 5.91 Å². The van der Waals surface area contributed by atoms with E-state index in [1.54, 1.807) is 11.1 Å². The van der Waals surface area contributed by atoms with Crippen LogP contribution in [-0.4, -0.2) is 42.5 Å². The number of nitrogens with two attached hydrogens (primary N) is 1. The Balaban J connectivity index is 2.03. The third kappa shape index (κ3) is 2.27. The van der Waals surface area contributed by atoms with E-state index >= 15 is 0 Å². The molecule has 2 aromatic rings. The second kappa shape index (κ2) is 5.00. The van der Waals surface area contributed by atoms with Crippen LogP contribution in [0.25, 0.3) is 10.9 Å². The van der Waals surface area contributed by atoms with Gasteiger partial charge in [0, 0.05) is 43.1 Å². The second-order valence-corrected chi connectivity index (χ2v) is 5.20. The fourth-order valence-corrected chi connectivity index (χ4v) is 2.62. The summed E-state index contributed by atoms with van der Waals surface area (Å²) >= 11 is 0. The Labute approximate surface area is 118 Å². The molecule has 0 radical (unpaired) electrons. The summed E-state index contributed by atoms with van der Waals surface area (Å²) in [6.45, 7) is 2.10. The van der Waals surface area contributed by atoms with Crippen LogP contribution in [0, 0.1) is 0 Å². The molecule has 20 heavy (non-hydrogen) atoms. The largest absolute Gasteiger partial charge is 0.399 e. The maximum Gasteiger partial charge on any atom is 0.241 e. The van der Waals surface area contributed by atoms with Gasteiger partial charge >= 0.3 is 0 Å². The number of fused-ring (bicyclic) bond motifs is 1. The summed E-state index contributed by atoms with van der Waals surface area (Å²) in [5.41, 5.74) is 8.43. The van der Waals surface area contributed by atoms with Crippen LogP contribution < -0.4 is 10.6 Å². The van der Waals surface area contributed by atoms with Crippen LogP contribution in [0.3, 0.4) is 0 Å². The summed E-state index contributed by atoms with van der Waals surface area (Å²) in [7, 11) is 1.86. The molecule has 0 bridgehead atoms. The van der Waals surface area contributed by atoms with Crippen LogP contribution >= 0.6 is 0 Å². The Bertz CT molecular complexity index is 655. The second-order valence-electron chi connectivity index (χ2n) is 5.20. The van der Waals surface area contributed by atoms with Crippen molar-refractivity contribution < 1.29 is 4.79 Å². The number of pyridine rings is 1. The quantitative estimate of drug-likeness (QED) is 0.797. The number of hydrogen-bond acceptors (Lipinski definition) is 4. The molecule has 1 fully saturated rings. The van der Waals surface area contributed by atoms with Crippen LogP contribution in [0.15, 0.2) is 30.5 Å². The molecule has 0 spiro atoms. The Morgan fingerprint density at radius 1 is 1.25 bits per heavy atom. The molecule has 1 aliphatic rings. The Morgan fingerprint density at radius 2 is 2.10 bits per heavy atom. The van der Waals surface area contributed by atoms with Crippen molar-refractivity contribution in [2.24, 2.45) is 0 Å². The van der Waals surface area contributed by atoms with Gasteiger partial charge in [-0.2, -0.15) is 0 Å². The number of hydrogen-bond donors (Lipinski definition) is 1. The first-order valence-corrected chi connectivity index (χ1v) is 6.78. The van der Waals surface area contributed by atoms with E-state index in [0.29, 0.717) is 12.2 Å². The van der Waals surface area contributed by atoms with Gasteiger partial charge in [0.2, 0.25) is 5.91 Å². The minimum Gasteiger partial charge on any atom is -0.399 e. The zero-order valence-electron chi connectivity index (χ0n) is 11.5. The molecule has 0 unspecified atom stereocenters. The fourth-order valence-electron chi connectivity index (χ4n) is 2.62. The van der Waals surface area contributed by atoms with Crippen molar-refractivity contribution in [1.29, 1.82) is 0 Å². The minimum atomic E-state index is 0.155. The van der Waals surface area contributed by atoms with Gasteiger partial charge in [0.25, 0.3) is 0 Å². The predicted molar refractivity (Wildman–Crippen MR) is 80.6 cm³/mol. The number of aromatic nitrogens is 1.